The van der Waals surface area contributed by atoms with E-state index in [0.29, 0.717) is 5.69 Å². The lowest BCUT2D eigenvalue weighted by molar-refractivity contribution is 0.111. The fraction of sp³-hybridized carbons (Fsp3) is 0.429. The van der Waals surface area contributed by atoms with Crippen molar-refractivity contribution in [1.82, 2.24) is 4.98 Å². The van der Waals surface area contributed by atoms with Gasteiger partial charge in [0.2, 0.25) is 0 Å². The van der Waals surface area contributed by atoms with E-state index in [0.717, 1.165) is 22.8 Å². The van der Waals surface area contributed by atoms with Gasteiger partial charge in [-0.05, 0) is 5.75 Å². The Morgan fingerprint density at radius 2 is 2.64 bits per heavy atom. The lowest BCUT2D eigenvalue weighted by atomic mass is 10.6. The first-order chi connectivity index (χ1) is 5.36. The minimum absolute atomic E-state index is 0.557. The van der Waals surface area contributed by atoms with Crippen molar-refractivity contribution in [1.29, 1.82) is 0 Å². The van der Waals surface area contributed by atoms with E-state index in [9.17, 15) is 4.79 Å². The van der Waals surface area contributed by atoms with Crippen molar-refractivity contribution >= 4 is 29.4 Å². The van der Waals surface area contributed by atoms with Crippen molar-refractivity contribution < 1.29 is 4.79 Å². The fourth-order valence-corrected chi connectivity index (χ4v) is 2.12. The molecule has 0 radical (unpaired) electrons. The summed E-state index contributed by atoms with van der Waals surface area (Å²) >= 11 is 3.37. The van der Waals surface area contributed by atoms with E-state index < -0.39 is 0 Å². The molecule has 0 saturated carbocycles. The normalized spacial score (nSPS) is 9.91. The maximum absolute atomic E-state index is 10.2. The summed E-state index contributed by atoms with van der Waals surface area (Å²) in [6.07, 6.45) is 0.788. The Morgan fingerprint density at radius 1 is 1.82 bits per heavy atom. The Balaban J connectivity index is 2.51. The Kier molecular flexibility index (Phi) is 3.59. The minimum Gasteiger partial charge on any atom is -0.296 e. The Hall–Kier alpha value is -0.350. The zero-order chi connectivity index (χ0) is 8.10. The van der Waals surface area contributed by atoms with Crippen molar-refractivity contribution in [2.75, 3.05) is 5.75 Å². The van der Waals surface area contributed by atoms with Crippen LogP contribution in [-0.2, 0) is 5.75 Å². The smallest absolute Gasteiger partial charge is 0.169 e. The predicted molar refractivity (Wildman–Crippen MR) is 49.3 cm³/mol. The second-order valence-electron chi connectivity index (χ2n) is 1.92. The van der Waals surface area contributed by atoms with Crippen LogP contribution in [0.4, 0.5) is 0 Å². The summed E-state index contributed by atoms with van der Waals surface area (Å²) in [5.74, 6) is 2.02. The molecule has 0 bridgehead atoms. The molecule has 0 atom stereocenters. The molecule has 1 heterocycles. The molecule has 0 amide bonds. The van der Waals surface area contributed by atoms with Crippen LogP contribution in [0.25, 0.3) is 0 Å². The molecule has 1 aromatic heterocycles. The monoisotopic (exact) mass is 187 g/mol. The molecule has 11 heavy (non-hydrogen) atoms. The number of hydrogen-bond acceptors (Lipinski definition) is 4. The lowest BCUT2D eigenvalue weighted by Gasteiger charge is -1.90. The van der Waals surface area contributed by atoms with Gasteiger partial charge in [-0.1, -0.05) is 6.92 Å². The molecule has 0 spiro atoms. The third-order valence-corrected chi connectivity index (χ3v) is 3.06. The molecule has 0 unspecified atom stereocenters. The van der Waals surface area contributed by atoms with Crippen molar-refractivity contribution in [3.63, 3.8) is 0 Å². The molecule has 0 fully saturated rings. The maximum Gasteiger partial charge on any atom is 0.169 e. The summed E-state index contributed by atoms with van der Waals surface area (Å²) in [6, 6.07) is 0. The van der Waals surface area contributed by atoms with Crippen LogP contribution in [0.5, 0.6) is 0 Å². The number of nitrogens with zero attached hydrogens (tertiary/aromatic N) is 1. The summed E-state index contributed by atoms with van der Waals surface area (Å²) in [5.41, 5.74) is 0.557. The molecule has 0 aliphatic heterocycles. The van der Waals surface area contributed by atoms with Gasteiger partial charge in [-0.15, -0.1) is 11.3 Å². The van der Waals surface area contributed by atoms with E-state index in [1.165, 1.54) is 0 Å². The van der Waals surface area contributed by atoms with Crippen LogP contribution in [0.2, 0.25) is 0 Å². The molecular formula is C7H9NOS2. The van der Waals surface area contributed by atoms with Gasteiger partial charge in [-0.2, -0.15) is 11.8 Å². The number of thioether (sulfide) groups is 1. The molecule has 0 aliphatic rings. The fourth-order valence-electron chi connectivity index (χ4n) is 0.635. The van der Waals surface area contributed by atoms with Gasteiger partial charge >= 0.3 is 0 Å². The number of aldehydes is 1. The topological polar surface area (TPSA) is 30.0 Å². The van der Waals surface area contributed by atoms with E-state index in [4.69, 9.17) is 0 Å². The van der Waals surface area contributed by atoms with E-state index in [1.54, 1.807) is 16.7 Å². The standard InChI is InChI=1S/C7H9NOS2/c1-2-10-5-7-8-6(3-9)4-11-7/h3-4H,2,5H2,1H3. The summed E-state index contributed by atoms with van der Waals surface area (Å²) in [7, 11) is 0. The van der Waals surface area contributed by atoms with Crippen LogP contribution >= 0.6 is 23.1 Å². The quantitative estimate of drug-likeness (QED) is 0.677. The number of hydrogen-bond donors (Lipinski definition) is 0. The average molecular weight is 187 g/mol. The second-order valence-corrected chi connectivity index (χ2v) is 4.14. The first-order valence-corrected chi connectivity index (χ1v) is 5.37. The van der Waals surface area contributed by atoms with Gasteiger partial charge in [0.1, 0.15) is 10.7 Å². The van der Waals surface area contributed by atoms with Crippen LogP contribution in [0.1, 0.15) is 22.4 Å². The highest BCUT2D eigenvalue weighted by molar-refractivity contribution is 7.98. The highest BCUT2D eigenvalue weighted by atomic mass is 32.2. The molecule has 4 heteroatoms. The second kappa shape index (κ2) is 4.51. The SMILES string of the molecule is CCSCc1nc(C=O)cs1. The van der Waals surface area contributed by atoms with Crippen molar-refractivity contribution in [2.24, 2.45) is 0 Å². The summed E-state index contributed by atoms with van der Waals surface area (Å²) in [4.78, 5) is 14.3. The lowest BCUT2D eigenvalue weighted by Crippen LogP contribution is -1.82. The predicted octanol–water partition coefficient (Wildman–Crippen LogP) is 2.21. The van der Waals surface area contributed by atoms with Gasteiger partial charge in [0.15, 0.2) is 6.29 Å². The summed E-state index contributed by atoms with van der Waals surface area (Å²) < 4.78 is 0. The van der Waals surface area contributed by atoms with Crippen molar-refractivity contribution in [3.05, 3.63) is 16.1 Å². The van der Waals surface area contributed by atoms with Crippen LogP contribution in [0, 0.1) is 0 Å². The van der Waals surface area contributed by atoms with Gasteiger partial charge in [-0.3, -0.25) is 4.79 Å². The molecule has 0 aromatic carbocycles. The van der Waals surface area contributed by atoms with E-state index >= 15 is 0 Å². The van der Waals surface area contributed by atoms with E-state index in [2.05, 4.69) is 11.9 Å². The minimum atomic E-state index is 0.557. The molecule has 1 rings (SSSR count). The number of aromatic nitrogens is 1. The number of rotatable bonds is 4. The van der Waals surface area contributed by atoms with Crippen molar-refractivity contribution in [3.8, 4) is 0 Å². The number of carbonyl (C=O) groups excluding carboxylic acids is 1. The van der Waals surface area contributed by atoms with Crippen LogP contribution in [0.15, 0.2) is 5.38 Å². The molecule has 1 aromatic rings. The van der Waals surface area contributed by atoms with Gasteiger partial charge in [0.25, 0.3) is 0 Å². The van der Waals surface area contributed by atoms with Gasteiger partial charge in [-0.25, -0.2) is 4.98 Å². The van der Waals surface area contributed by atoms with Crippen LogP contribution < -0.4 is 0 Å². The summed E-state index contributed by atoms with van der Waals surface area (Å²) in [5, 5.41) is 2.83. The van der Waals surface area contributed by atoms with E-state index in [1.807, 2.05) is 11.8 Å². The van der Waals surface area contributed by atoms with Crippen LogP contribution in [-0.4, -0.2) is 17.0 Å². The number of carbonyl (C=O) groups is 1. The van der Waals surface area contributed by atoms with Gasteiger partial charge in [0, 0.05) is 11.1 Å². The van der Waals surface area contributed by atoms with Crippen molar-refractivity contribution in [2.45, 2.75) is 12.7 Å². The molecule has 0 aliphatic carbocycles. The van der Waals surface area contributed by atoms with Gasteiger partial charge < -0.3 is 0 Å². The molecule has 0 N–H and O–H groups in total. The Labute approximate surface area is 74.0 Å². The van der Waals surface area contributed by atoms with E-state index in [-0.39, 0.29) is 0 Å². The Morgan fingerprint density at radius 3 is 3.18 bits per heavy atom. The third-order valence-electron chi connectivity index (χ3n) is 1.12. The first-order valence-electron chi connectivity index (χ1n) is 3.34. The highest BCUT2D eigenvalue weighted by Gasteiger charge is 1.98. The highest BCUT2D eigenvalue weighted by Crippen LogP contribution is 2.15. The average Bonchev–Trinajstić information content (AvgIpc) is 2.48. The first kappa shape index (κ1) is 8.74. The third kappa shape index (κ3) is 2.63. The molecule has 2 nitrogen and oxygen atoms in total. The zero-order valence-corrected chi connectivity index (χ0v) is 7.87. The maximum atomic E-state index is 10.2. The number of thiazole rings is 1. The molecular weight excluding hydrogens is 178 g/mol. The summed E-state index contributed by atoms with van der Waals surface area (Å²) in [6.45, 7) is 2.11. The Bertz CT molecular complexity index is 234. The molecule has 60 valence electrons. The largest absolute Gasteiger partial charge is 0.296 e. The van der Waals surface area contributed by atoms with Gasteiger partial charge in [0.05, 0.1) is 0 Å². The zero-order valence-electron chi connectivity index (χ0n) is 6.24. The molecule has 0 saturated heterocycles. The van der Waals surface area contributed by atoms with Crippen LogP contribution in [0.3, 0.4) is 0 Å².